The van der Waals surface area contributed by atoms with E-state index in [-0.39, 0.29) is 0 Å². The Morgan fingerprint density at radius 2 is 2.00 bits per heavy atom. The maximum absolute atomic E-state index is 6.14. The van der Waals surface area contributed by atoms with Gasteiger partial charge in [-0.25, -0.2) is 14.6 Å². The second-order valence-corrected chi connectivity index (χ2v) is 5.33. The third-order valence-corrected chi connectivity index (χ3v) is 3.57. The average molecular weight is 336 g/mol. The van der Waals surface area contributed by atoms with E-state index in [9.17, 15) is 0 Å². The molecule has 0 radical (unpaired) electrons. The van der Waals surface area contributed by atoms with E-state index >= 15 is 0 Å². The highest BCUT2D eigenvalue weighted by Crippen LogP contribution is 2.32. The first kappa shape index (κ1) is 14.7. The van der Waals surface area contributed by atoms with Crippen molar-refractivity contribution in [2.24, 2.45) is 0 Å². The van der Waals surface area contributed by atoms with Crippen molar-refractivity contribution in [1.82, 2.24) is 25.0 Å². The molecule has 0 bridgehead atoms. The van der Waals surface area contributed by atoms with Gasteiger partial charge in [-0.3, -0.25) is 0 Å². The van der Waals surface area contributed by atoms with Gasteiger partial charge >= 0.3 is 0 Å². The number of halogens is 2. The van der Waals surface area contributed by atoms with E-state index in [1.807, 2.05) is 13.0 Å². The molecule has 0 unspecified atom stereocenters. The van der Waals surface area contributed by atoms with Gasteiger partial charge in [-0.1, -0.05) is 28.4 Å². The summed E-state index contributed by atoms with van der Waals surface area (Å²) in [6.45, 7) is 1.88. The minimum atomic E-state index is 0.304. The van der Waals surface area contributed by atoms with Gasteiger partial charge in [0.05, 0.1) is 24.7 Å². The molecule has 0 aliphatic carbocycles. The summed E-state index contributed by atoms with van der Waals surface area (Å²) in [4.78, 5) is 8.44. The highest BCUT2D eigenvalue weighted by molar-refractivity contribution is 6.31. The van der Waals surface area contributed by atoms with Gasteiger partial charge in [-0.15, -0.1) is 5.10 Å². The zero-order valence-corrected chi connectivity index (χ0v) is 13.3. The minimum Gasteiger partial charge on any atom is -0.481 e. The lowest BCUT2D eigenvalue weighted by Crippen LogP contribution is -2.02. The standard InChI is InChI=1S/C14H11Cl2N5O/c1-8-13(17-7-18-14(8)22-2)10-5-9(15)3-4-11(10)21-6-12(16)19-20-21/h3-7H,1-2H3. The maximum atomic E-state index is 6.14. The highest BCUT2D eigenvalue weighted by Gasteiger charge is 2.16. The van der Waals surface area contributed by atoms with Crippen molar-refractivity contribution >= 4 is 23.2 Å². The zero-order chi connectivity index (χ0) is 15.7. The minimum absolute atomic E-state index is 0.304. The smallest absolute Gasteiger partial charge is 0.219 e. The van der Waals surface area contributed by atoms with Crippen molar-refractivity contribution in [2.75, 3.05) is 7.11 Å². The summed E-state index contributed by atoms with van der Waals surface area (Å²) in [5, 5.41) is 8.67. The molecule has 8 heteroatoms. The van der Waals surface area contributed by atoms with E-state index in [1.54, 1.807) is 30.1 Å². The molecule has 0 saturated carbocycles. The summed E-state index contributed by atoms with van der Waals surface area (Å²) >= 11 is 12.0. The Labute approximate surface area is 136 Å². The normalized spacial score (nSPS) is 10.7. The Balaban J connectivity index is 2.24. The molecule has 0 atom stereocenters. The molecule has 0 N–H and O–H groups in total. The molecule has 0 saturated heterocycles. The van der Waals surface area contributed by atoms with Gasteiger partial charge in [-0.05, 0) is 25.1 Å². The van der Waals surface area contributed by atoms with E-state index in [0.29, 0.717) is 21.7 Å². The summed E-state index contributed by atoms with van der Waals surface area (Å²) in [6.07, 6.45) is 3.06. The molecule has 22 heavy (non-hydrogen) atoms. The van der Waals surface area contributed by atoms with Crippen LogP contribution in [-0.4, -0.2) is 32.1 Å². The van der Waals surface area contributed by atoms with Crippen molar-refractivity contribution in [3.63, 3.8) is 0 Å². The van der Waals surface area contributed by atoms with Gasteiger partial charge in [0.1, 0.15) is 6.33 Å². The van der Waals surface area contributed by atoms with Crippen molar-refractivity contribution in [3.8, 4) is 22.8 Å². The van der Waals surface area contributed by atoms with Crippen LogP contribution in [0.15, 0.2) is 30.7 Å². The Kier molecular flexibility index (Phi) is 3.96. The van der Waals surface area contributed by atoms with Crippen LogP contribution in [0.1, 0.15) is 5.56 Å². The fourth-order valence-corrected chi connectivity index (χ4v) is 2.47. The molecule has 6 nitrogen and oxygen atoms in total. The van der Waals surface area contributed by atoms with Crippen LogP contribution in [0.25, 0.3) is 16.9 Å². The predicted octanol–water partition coefficient (Wildman–Crippen LogP) is 3.35. The molecule has 1 aromatic carbocycles. The van der Waals surface area contributed by atoms with Crippen molar-refractivity contribution in [3.05, 3.63) is 46.5 Å². The number of hydrogen-bond acceptors (Lipinski definition) is 5. The Morgan fingerprint density at radius 3 is 2.68 bits per heavy atom. The molecular weight excluding hydrogens is 325 g/mol. The molecule has 3 aromatic rings. The van der Waals surface area contributed by atoms with Gasteiger partial charge in [0, 0.05) is 16.1 Å². The number of benzene rings is 1. The first-order valence-corrected chi connectivity index (χ1v) is 7.09. The Hall–Kier alpha value is -2.18. The van der Waals surface area contributed by atoms with E-state index in [2.05, 4.69) is 20.3 Å². The lowest BCUT2D eigenvalue weighted by Gasteiger charge is -2.12. The average Bonchev–Trinajstić information content (AvgIpc) is 2.94. The van der Waals surface area contributed by atoms with Gasteiger partial charge in [0.15, 0.2) is 5.15 Å². The number of methoxy groups -OCH3 is 1. The van der Waals surface area contributed by atoms with Gasteiger partial charge < -0.3 is 4.74 Å². The molecule has 2 aromatic heterocycles. The van der Waals surface area contributed by atoms with E-state index < -0.39 is 0 Å². The van der Waals surface area contributed by atoms with Crippen LogP contribution in [0.5, 0.6) is 5.88 Å². The topological polar surface area (TPSA) is 65.7 Å². The van der Waals surface area contributed by atoms with E-state index in [1.165, 1.54) is 6.33 Å². The number of nitrogens with zero attached hydrogens (tertiary/aromatic N) is 5. The molecule has 3 rings (SSSR count). The molecule has 0 spiro atoms. The second kappa shape index (κ2) is 5.90. The van der Waals surface area contributed by atoms with Crippen molar-refractivity contribution in [2.45, 2.75) is 6.92 Å². The maximum Gasteiger partial charge on any atom is 0.219 e. The number of aromatic nitrogens is 5. The molecule has 0 fully saturated rings. The Morgan fingerprint density at radius 1 is 1.18 bits per heavy atom. The fraction of sp³-hybridized carbons (Fsp3) is 0.143. The number of ether oxygens (including phenoxy) is 1. The molecule has 0 amide bonds. The summed E-state index contributed by atoms with van der Waals surface area (Å²) in [6, 6.07) is 5.40. The number of rotatable bonds is 3. The summed E-state index contributed by atoms with van der Waals surface area (Å²) in [5.41, 5.74) is 3.05. The SMILES string of the molecule is COc1ncnc(-c2cc(Cl)ccc2-n2cc(Cl)nn2)c1C. The molecule has 0 aliphatic rings. The van der Waals surface area contributed by atoms with Crippen LogP contribution in [0, 0.1) is 6.92 Å². The lowest BCUT2D eigenvalue weighted by molar-refractivity contribution is 0.393. The summed E-state index contributed by atoms with van der Waals surface area (Å²) < 4.78 is 6.82. The molecular formula is C14H11Cl2N5O. The molecule has 112 valence electrons. The largest absolute Gasteiger partial charge is 0.481 e. The number of hydrogen-bond donors (Lipinski definition) is 0. The summed E-state index contributed by atoms with van der Waals surface area (Å²) in [5.74, 6) is 0.507. The van der Waals surface area contributed by atoms with Gasteiger partial charge in [0.2, 0.25) is 5.88 Å². The van der Waals surface area contributed by atoms with Crippen LogP contribution in [0.3, 0.4) is 0 Å². The molecule has 2 heterocycles. The summed E-state index contributed by atoms with van der Waals surface area (Å²) in [7, 11) is 1.56. The van der Waals surface area contributed by atoms with Crippen LogP contribution >= 0.6 is 23.2 Å². The first-order valence-electron chi connectivity index (χ1n) is 6.34. The highest BCUT2D eigenvalue weighted by atomic mass is 35.5. The first-order chi connectivity index (χ1) is 10.6. The van der Waals surface area contributed by atoms with E-state index in [0.717, 1.165) is 16.8 Å². The van der Waals surface area contributed by atoms with Crippen LogP contribution in [-0.2, 0) is 0 Å². The van der Waals surface area contributed by atoms with Gasteiger partial charge in [-0.2, -0.15) is 0 Å². The van der Waals surface area contributed by atoms with Crippen LogP contribution < -0.4 is 4.74 Å². The lowest BCUT2D eigenvalue weighted by atomic mass is 10.1. The van der Waals surface area contributed by atoms with Crippen molar-refractivity contribution in [1.29, 1.82) is 0 Å². The molecule has 0 aliphatic heterocycles. The Bertz CT molecular complexity index is 834. The second-order valence-electron chi connectivity index (χ2n) is 4.50. The fourth-order valence-electron chi connectivity index (χ4n) is 2.17. The van der Waals surface area contributed by atoms with Crippen molar-refractivity contribution < 1.29 is 4.74 Å². The third kappa shape index (κ3) is 2.63. The third-order valence-electron chi connectivity index (χ3n) is 3.16. The van der Waals surface area contributed by atoms with E-state index in [4.69, 9.17) is 27.9 Å². The predicted molar refractivity (Wildman–Crippen MR) is 83.7 cm³/mol. The van der Waals surface area contributed by atoms with Gasteiger partial charge in [0.25, 0.3) is 0 Å². The monoisotopic (exact) mass is 335 g/mol. The quantitative estimate of drug-likeness (QED) is 0.734. The van der Waals surface area contributed by atoms with Crippen LogP contribution in [0.2, 0.25) is 10.2 Å². The van der Waals surface area contributed by atoms with Crippen LogP contribution in [0.4, 0.5) is 0 Å². The zero-order valence-electron chi connectivity index (χ0n) is 11.8.